The lowest BCUT2D eigenvalue weighted by molar-refractivity contribution is -0.203. The molecule has 3 unspecified atom stereocenters. The normalized spacial score (nSPS) is 54.1. The summed E-state index contributed by atoms with van der Waals surface area (Å²) in [6.45, 7) is 18.0. The fourth-order valence-corrected chi connectivity index (χ4v) is 10.9. The van der Waals surface area contributed by atoms with E-state index >= 15 is 0 Å². The number of hydrogen-bond acceptors (Lipinski definition) is 4. The molecule has 0 heterocycles. The van der Waals surface area contributed by atoms with Crippen molar-refractivity contribution in [2.24, 2.45) is 56.7 Å². The molecule has 5 aliphatic carbocycles. The number of ether oxygens (including phenoxy) is 1. The molecule has 11 atom stereocenters. The first-order chi connectivity index (χ1) is 16.7. The third-order valence-electron chi connectivity index (χ3n) is 13.3. The van der Waals surface area contributed by atoms with Crippen LogP contribution < -0.4 is 0 Å². The minimum Gasteiger partial charge on any atom is -0.461 e. The lowest BCUT2D eigenvalue weighted by Crippen LogP contribution is -2.67. The summed E-state index contributed by atoms with van der Waals surface area (Å²) in [6.07, 6.45) is 10.0. The maximum atomic E-state index is 14.4. The van der Waals surface area contributed by atoms with Crippen LogP contribution in [0.5, 0.6) is 0 Å². The van der Waals surface area contributed by atoms with Gasteiger partial charge in [-0.1, -0.05) is 47.1 Å². The van der Waals surface area contributed by atoms with E-state index < -0.39 is 11.5 Å². The van der Waals surface area contributed by atoms with Crippen molar-refractivity contribution in [3.63, 3.8) is 0 Å². The molecule has 0 aromatic carbocycles. The smallest absolute Gasteiger partial charge is 0.302 e. The van der Waals surface area contributed by atoms with E-state index in [0.717, 1.165) is 25.7 Å². The molecule has 0 saturated heterocycles. The van der Waals surface area contributed by atoms with E-state index in [-0.39, 0.29) is 34.1 Å². The number of carbonyl (C=O) groups is 2. The molecule has 4 saturated carbocycles. The Bertz CT molecular complexity index is 1060. The average Bonchev–Trinajstić information content (AvgIpc) is 2.80. The molecule has 0 amide bonds. The van der Waals surface area contributed by atoms with Gasteiger partial charge in [-0.3, -0.25) is 9.59 Å². The fourth-order valence-electron chi connectivity index (χ4n) is 10.9. The van der Waals surface area contributed by atoms with Crippen LogP contribution >= 0.6 is 0 Å². The predicted octanol–water partition coefficient (Wildman–Crippen LogP) is 7.28. The van der Waals surface area contributed by atoms with Crippen molar-refractivity contribution in [3.05, 3.63) is 11.6 Å². The zero-order chi connectivity index (χ0) is 26.5. The Morgan fingerprint density at radius 3 is 2.33 bits per heavy atom. The molecule has 4 fully saturated rings. The van der Waals surface area contributed by atoms with Crippen LogP contribution in [0.3, 0.4) is 0 Å². The predicted molar refractivity (Wildman–Crippen MR) is 141 cm³/mol. The Morgan fingerprint density at radius 1 is 1.00 bits per heavy atom. The van der Waals surface area contributed by atoms with Gasteiger partial charge in [0.2, 0.25) is 0 Å². The van der Waals surface area contributed by atoms with Gasteiger partial charge in [-0.2, -0.15) is 5.26 Å². The van der Waals surface area contributed by atoms with Crippen LogP contribution in [0.4, 0.5) is 0 Å². The number of allylic oxidation sites excluding steroid dienone is 2. The van der Waals surface area contributed by atoms with E-state index in [2.05, 4.69) is 53.7 Å². The minimum absolute atomic E-state index is 0.00479. The van der Waals surface area contributed by atoms with Crippen LogP contribution in [0.1, 0.15) is 107 Å². The van der Waals surface area contributed by atoms with Gasteiger partial charge in [-0.05, 0) is 110 Å². The Hall–Kier alpha value is -1.63. The van der Waals surface area contributed by atoms with E-state index in [1.54, 1.807) is 0 Å². The topological polar surface area (TPSA) is 67.2 Å². The largest absolute Gasteiger partial charge is 0.461 e. The van der Waals surface area contributed by atoms with E-state index in [4.69, 9.17) is 4.74 Å². The molecule has 0 bridgehead atoms. The first-order valence-corrected chi connectivity index (χ1v) is 14.5. The molecule has 0 aliphatic heterocycles. The van der Waals surface area contributed by atoms with E-state index in [1.807, 2.05) is 6.92 Å². The average molecular weight is 494 g/mol. The highest BCUT2D eigenvalue weighted by Gasteiger charge is 2.71. The number of hydrogen-bond donors (Lipinski definition) is 0. The first kappa shape index (κ1) is 26.0. The summed E-state index contributed by atoms with van der Waals surface area (Å²) in [5.41, 5.74) is 0.587. The van der Waals surface area contributed by atoms with Crippen LogP contribution in [0.15, 0.2) is 11.6 Å². The van der Waals surface area contributed by atoms with E-state index in [1.165, 1.54) is 31.8 Å². The zero-order valence-corrected chi connectivity index (χ0v) is 23.9. The van der Waals surface area contributed by atoms with Gasteiger partial charge in [-0.15, -0.1) is 0 Å². The Morgan fingerprint density at radius 2 is 1.69 bits per heavy atom. The highest BCUT2D eigenvalue weighted by molar-refractivity contribution is 5.95. The van der Waals surface area contributed by atoms with Gasteiger partial charge in [0, 0.05) is 12.8 Å². The molecule has 36 heavy (non-hydrogen) atoms. The fraction of sp³-hybridized carbons (Fsp3) is 0.844. The van der Waals surface area contributed by atoms with Crippen molar-refractivity contribution in [1.82, 2.24) is 0 Å². The van der Waals surface area contributed by atoms with Gasteiger partial charge in [0.05, 0.1) is 11.5 Å². The van der Waals surface area contributed by atoms with Crippen molar-refractivity contribution in [2.45, 2.75) is 113 Å². The minimum atomic E-state index is -0.774. The second-order valence-electron chi connectivity index (χ2n) is 14.8. The van der Waals surface area contributed by atoms with E-state index in [9.17, 15) is 14.9 Å². The monoisotopic (exact) mass is 493 g/mol. The summed E-state index contributed by atoms with van der Waals surface area (Å²) >= 11 is 0. The summed E-state index contributed by atoms with van der Waals surface area (Å²) in [4.78, 5) is 26.3. The third kappa shape index (κ3) is 3.10. The first-order valence-electron chi connectivity index (χ1n) is 14.5. The van der Waals surface area contributed by atoms with Crippen molar-refractivity contribution < 1.29 is 14.3 Å². The standard InChI is InChI=1S/C32H47NO3/c1-19-9-12-28(4)15-16-31(7)22(26(28)20(19)2)17-23(35)27-29(5)13-11-25(36-21(3)34)30(6,18-33)24(29)10-14-32(27,31)8/h17,19-20,24-27H,9-16H2,1-8H3/t19-,20+,24?,25-,26?,27?,28-,29+,30-,31-,32-/m1/s1. The van der Waals surface area contributed by atoms with Gasteiger partial charge in [0.25, 0.3) is 0 Å². The van der Waals surface area contributed by atoms with Crippen LogP contribution in [-0.4, -0.2) is 17.9 Å². The summed E-state index contributed by atoms with van der Waals surface area (Å²) in [7, 11) is 0. The summed E-state index contributed by atoms with van der Waals surface area (Å²) in [5, 5.41) is 10.4. The van der Waals surface area contributed by atoms with Gasteiger partial charge < -0.3 is 4.74 Å². The highest BCUT2D eigenvalue weighted by atomic mass is 16.5. The zero-order valence-electron chi connectivity index (χ0n) is 23.9. The Balaban J connectivity index is 1.61. The molecule has 4 nitrogen and oxygen atoms in total. The SMILES string of the molecule is CC(=O)O[C@@H]1CC[C@@]2(C)C(CC[C@]3(C)C2C(=O)C=C2C4[C@@H](C)[C@H](C)CC[C@]4(C)CC[C@]23C)[C@@]1(C)C#N. The molecule has 0 aromatic rings. The molecule has 198 valence electrons. The van der Waals surface area contributed by atoms with Crippen LogP contribution in [0, 0.1) is 68.0 Å². The maximum Gasteiger partial charge on any atom is 0.302 e. The second kappa shape index (κ2) is 7.94. The molecule has 0 N–H and O–H groups in total. The molecule has 0 spiro atoms. The molecule has 5 rings (SSSR count). The van der Waals surface area contributed by atoms with Crippen LogP contribution in [0.25, 0.3) is 0 Å². The second-order valence-corrected chi connectivity index (χ2v) is 14.8. The number of esters is 1. The number of nitrogens with zero attached hydrogens (tertiary/aromatic N) is 1. The molecular weight excluding hydrogens is 446 g/mol. The number of rotatable bonds is 1. The third-order valence-corrected chi connectivity index (χ3v) is 13.3. The lowest BCUT2D eigenvalue weighted by atomic mass is 9.33. The van der Waals surface area contributed by atoms with Crippen LogP contribution in [-0.2, 0) is 14.3 Å². The Kier molecular flexibility index (Phi) is 5.73. The maximum absolute atomic E-state index is 14.4. The van der Waals surface area contributed by atoms with Gasteiger partial charge in [0.1, 0.15) is 6.10 Å². The van der Waals surface area contributed by atoms with Gasteiger partial charge >= 0.3 is 5.97 Å². The Labute approximate surface area is 218 Å². The lowest BCUT2D eigenvalue weighted by Gasteiger charge is -2.70. The van der Waals surface area contributed by atoms with Crippen LogP contribution in [0.2, 0.25) is 0 Å². The summed E-state index contributed by atoms with van der Waals surface area (Å²) < 4.78 is 5.72. The number of nitriles is 1. The van der Waals surface area contributed by atoms with Crippen molar-refractivity contribution >= 4 is 11.8 Å². The molecule has 0 aromatic heterocycles. The quantitative estimate of drug-likeness (QED) is 0.360. The highest BCUT2D eigenvalue weighted by Crippen LogP contribution is 2.75. The van der Waals surface area contributed by atoms with Crippen molar-refractivity contribution in [1.29, 1.82) is 5.26 Å². The van der Waals surface area contributed by atoms with Gasteiger partial charge in [0.15, 0.2) is 5.78 Å². The van der Waals surface area contributed by atoms with E-state index in [0.29, 0.717) is 35.4 Å². The van der Waals surface area contributed by atoms with Crippen molar-refractivity contribution in [3.8, 4) is 6.07 Å². The van der Waals surface area contributed by atoms with Crippen molar-refractivity contribution in [2.75, 3.05) is 0 Å². The van der Waals surface area contributed by atoms with Gasteiger partial charge in [-0.25, -0.2) is 0 Å². The number of carbonyl (C=O) groups excluding carboxylic acids is 2. The summed E-state index contributed by atoms with van der Waals surface area (Å²) in [5.74, 6) is 1.69. The molecule has 5 aliphatic rings. The number of ketones is 1. The molecule has 0 radical (unpaired) electrons. The molecular formula is C32H47NO3. The number of fused-ring (bicyclic) bond motifs is 7. The molecule has 4 heteroatoms. The summed E-state index contributed by atoms with van der Waals surface area (Å²) in [6, 6.07) is 2.60.